The van der Waals surface area contributed by atoms with Gasteiger partial charge in [0.15, 0.2) is 0 Å². The van der Waals surface area contributed by atoms with E-state index in [4.69, 9.17) is 0 Å². The third-order valence-electron chi connectivity index (χ3n) is 3.02. The minimum Gasteiger partial charge on any atom is -0.343 e. The van der Waals surface area contributed by atoms with E-state index >= 15 is 0 Å². The van der Waals surface area contributed by atoms with Crippen molar-refractivity contribution in [3.8, 4) is 0 Å². The lowest BCUT2D eigenvalue weighted by atomic mass is 10.1. The Bertz CT molecular complexity index is 313. The Balaban J connectivity index is 1.90. The van der Waals surface area contributed by atoms with E-state index in [2.05, 4.69) is 5.10 Å². The predicted molar refractivity (Wildman–Crippen MR) is 57.4 cm³/mol. The van der Waals surface area contributed by atoms with E-state index in [-0.39, 0.29) is 5.91 Å². The highest BCUT2D eigenvalue weighted by Crippen LogP contribution is 2.21. The van der Waals surface area contributed by atoms with Crippen molar-refractivity contribution in [1.82, 2.24) is 14.7 Å². The van der Waals surface area contributed by atoms with Crippen molar-refractivity contribution in [1.29, 1.82) is 0 Å². The Labute approximate surface area is 89.9 Å². The molecule has 1 amide bonds. The first-order valence-electron chi connectivity index (χ1n) is 5.58. The van der Waals surface area contributed by atoms with Gasteiger partial charge < -0.3 is 4.90 Å². The van der Waals surface area contributed by atoms with Crippen LogP contribution in [0.4, 0.5) is 0 Å². The van der Waals surface area contributed by atoms with Crippen molar-refractivity contribution in [2.45, 2.75) is 32.2 Å². The van der Waals surface area contributed by atoms with E-state index in [1.54, 1.807) is 0 Å². The van der Waals surface area contributed by atoms with E-state index in [9.17, 15) is 4.79 Å². The number of carbonyl (C=O) groups excluding carboxylic acids is 1. The topological polar surface area (TPSA) is 38.1 Å². The normalized spacial score (nSPS) is 18.1. The standard InChI is InChI=1S/C11H17N3O/c1-2-11(15)13-8-4-10(5-9-13)14-7-3-6-12-14/h3,6-7,10H,2,4-5,8-9H2,1H3. The van der Waals surface area contributed by atoms with Gasteiger partial charge in [-0.05, 0) is 18.9 Å². The number of piperidine rings is 1. The van der Waals surface area contributed by atoms with Crippen molar-refractivity contribution in [2.75, 3.05) is 13.1 Å². The summed E-state index contributed by atoms with van der Waals surface area (Å²) in [6.45, 7) is 3.66. The van der Waals surface area contributed by atoms with Crippen LogP contribution in [0.3, 0.4) is 0 Å². The second kappa shape index (κ2) is 4.47. The first-order chi connectivity index (χ1) is 7.31. The molecule has 0 radical (unpaired) electrons. The average molecular weight is 207 g/mol. The van der Waals surface area contributed by atoms with Crippen molar-refractivity contribution < 1.29 is 4.79 Å². The Kier molecular flexibility index (Phi) is 3.04. The quantitative estimate of drug-likeness (QED) is 0.736. The molecular weight excluding hydrogens is 190 g/mol. The average Bonchev–Trinajstić information content (AvgIpc) is 2.82. The smallest absolute Gasteiger partial charge is 0.222 e. The summed E-state index contributed by atoms with van der Waals surface area (Å²) in [7, 11) is 0. The number of amides is 1. The Morgan fingerprint density at radius 3 is 2.73 bits per heavy atom. The molecule has 0 atom stereocenters. The van der Waals surface area contributed by atoms with E-state index < -0.39 is 0 Å². The lowest BCUT2D eigenvalue weighted by Gasteiger charge is -2.31. The van der Waals surface area contributed by atoms with Crippen LogP contribution in [0.2, 0.25) is 0 Å². The van der Waals surface area contributed by atoms with E-state index in [1.165, 1.54) is 0 Å². The van der Waals surface area contributed by atoms with Gasteiger partial charge in [-0.25, -0.2) is 0 Å². The van der Waals surface area contributed by atoms with E-state index in [0.717, 1.165) is 25.9 Å². The van der Waals surface area contributed by atoms with Crippen LogP contribution in [0.25, 0.3) is 0 Å². The number of aromatic nitrogens is 2. The molecule has 4 heteroatoms. The minimum atomic E-state index is 0.272. The van der Waals surface area contributed by atoms with Crippen LogP contribution in [0.15, 0.2) is 18.5 Å². The van der Waals surface area contributed by atoms with Gasteiger partial charge in [0.05, 0.1) is 6.04 Å². The molecule has 0 spiro atoms. The largest absolute Gasteiger partial charge is 0.343 e. The van der Waals surface area contributed by atoms with Crippen LogP contribution in [-0.2, 0) is 4.79 Å². The second-order valence-electron chi connectivity index (χ2n) is 3.95. The Morgan fingerprint density at radius 2 is 2.20 bits per heavy atom. The summed E-state index contributed by atoms with van der Waals surface area (Å²) in [5.41, 5.74) is 0. The van der Waals surface area contributed by atoms with Gasteiger partial charge in [0.25, 0.3) is 0 Å². The molecule has 0 saturated carbocycles. The number of carbonyl (C=O) groups is 1. The molecule has 15 heavy (non-hydrogen) atoms. The summed E-state index contributed by atoms with van der Waals surface area (Å²) in [6.07, 6.45) is 6.47. The molecule has 1 aromatic heterocycles. The van der Waals surface area contributed by atoms with E-state index in [1.807, 2.05) is 35.0 Å². The molecule has 82 valence electrons. The summed E-state index contributed by atoms with van der Waals surface area (Å²) < 4.78 is 2.01. The first kappa shape index (κ1) is 10.2. The van der Waals surface area contributed by atoms with E-state index in [0.29, 0.717) is 12.5 Å². The maximum Gasteiger partial charge on any atom is 0.222 e. The number of hydrogen-bond acceptors (Lipinski definition) is 2. The molecule has 1 fully saturated rings. The van der Waals surface area contributed by atoms with Gasteiger partial charge in [-0.1, -0.05) is 6.92 Å². The highest BCUT2D eigenvalue weighted by atomic mass is 16.2. The van der Waals surface area contributed by atoms with Gasteiger partial charge in [0, 0.05) is 31.9 Å². The number of hydrogen-bond donors (Lipinski definition) is 0. The maximum absolute atomic E-state index is 11.5. The molecule has 0 unspecified atom stereocenters. The van der Waals surface area contributed by atoms with Crippen molar-refractivity contribution in [3.63, 3.8) is 0 Å². The minimum absolute atomic E-state index is 0.272. The van der Waals surface area contributed by atoms with Crippen LogP contribution in [-0.4, -0.2) is 33.7 Å². The molecule has 1 aromatic rings. The van der Waals surface area contributed by atoms with Gasteiger partial charge in [-0.15, -0.1) is 0 Å². The third kappa shape index (κ3) is 2.19. The highest BCUT2D eigenvalue weighted by molar-refractivity contribution is 5.75. The van der Waals surface area contributed by atoms with Crippen LogP contribution < -0.4 is 0 Å². The highest BCUT2D eigenvalue weighted by Gasteiger charge is 2.22. The predicted octanol–water partition coefficient (Wildman–Crippen LogP) is 1.46. The van der Waals surface area contributed by atoms with Gasteiger partial charge in [0.1, 0.15) is 0 Å². The SMILES string of the molecule is CCC(=O)N1CCC(n2cccn2)CC1. The monoisotopic (exact) mass is 207 g/mol. The summed E-state index contributed by atoms with van der Waals surface area (Å²) in [6, 6.07) is 2.42. The molecule has 1 aliphatic rings. The fraction of sp³-hybridized carbons (Fsp3) is 0.636. The zero-order valence-corrected chi connectivity index (χ0v) is 9.09. The first-order valence-corrected chi connectivity index (χ1v) is 5.58. The third-order valence-corrected chi connectivity index (χ3v) is 3.02. The summed E-state index contributed by atoms with van der Waals surface area (Å²) >= 11 is 0. The number of nitrogens with zero attached hydrogens (tertiary/aromatic N) is 3. The molecule has 2 rings (SSSR count). The Morgan fingerprint density at radius 1 is 1.47 bits per heavy atom. The van der Waals surface area contributed by atoms with Crippen LogP contribution in [0.5, 0.6) is 0 Å². The van der Waals surface area contributed by atoms with Gasteiger partial charge in [-0.2, -0.15) is 5.10 Å². The van der Waals surface area contributed by atoms with Crippen LogP contribution in [0.1, 0.15) is 32.2 Å². The number of likely N-dealkylation sites (tertiary alicyclic amines) is 1. The van der Waals surface area contributed by atoms with Crippen molar-refractivity contribution >= 4 is 5.91 Å². The summed E-state index contributed by atoms with van der Waals surface area (Å²) in [4.78, 5) is 13.4. The van der Waals surface area contributed by atoms with Crippen LogP contribution >= 0.6 is 0 Å². The van der Waals surface area contributed by atoms with Gasteiger partial charge in [-0.3, -0.25) is 9.48 Å². The van der Waals surface area contributed by atoms with Gasteiger partial charge >= 0.3 is 0 Å². The molecule has 4 nitrogen and oxygen atoms in total. The molecule has 0 aliphatic carbocycles. The fourth-order valence-corrected chi connectivity index (χ4v) is 2.10. The zero-order valence-electron chi connectivity index (χ0n) is 9.09. The van der Waals surface area contributed by atoms with Crippen molar-refractivity contribution in [3.05, 3.63) is 18.5 Å². The van der Waals surface area contributed by atoms with Gasteiger partial charge in [0.2, 0.25) is 5.91 Å². The summed E-state index contributed by atoms with van der Waals surface area (Å²) in [5, 5.41) is 4.24. The molecule has 1 aliphatic heterocycles. The van der Waals surface area contributed by atoms with Crippen LogP contribution in [0, 0.1) is 0 Å². The molecule has 1 saturated heterocycles. The maximum atomic E-state index is 11.5. The fourth-order valence-electron chi connectivity index (χ4n) is 2.10. The lowest BCUT2D eigenvalue weighted by molar-refractivity contribution is -0.132. The number of rotatable bonds is 2. The molecule has 0 bridgehead atoms. The lowest BCUT2D eigenvalue weighted by Crippen LogP contribution is -2.38. The molecule has 2 heterocycles. The molecule has 0 N–H and O–H groups in total. The zero-order chi connectivity index (χ0) is 10.7. The Hall–Kier alpha value is -1.32. The summed E-state index contributed by atoms with van der Waals surface area (Å²) in [5.74, 6) is 0.272. The van der Waals surface area contributed by atoms with Crippen molar-refractivity contribution in [2.24, 2.45) is 0 Å². The second-order valence-corrected chi connectivity index (χ2v) is 3.95. The molecular formula is C11H17N3O. The molecule has 0 aromatic carbocycles.